The van der Waals surface area contributed by atoms with E-state index in [2.05, 4.69) is 82.1 Å². The molecule has 49 heavy (non-hydrogen) atoms. The van der Waals surface area contributed by atoms with Crippen molar-refractivity contribution in [1.82, 2.24) is 28.7 Å². The standard InChI is InChI=1S/C35H43N9O3S2/c1-35(2,3)26-11-9-25(10-12-26)23-44-30-8-6-5-7-28(30)37-31(44)22-36-40-34-38-29-21-27(24-41-13-15-43(16-14-41)49(4,45)46)48-32(29)33(39-34)42-17-19-47-20-18-42/h5-12,21-22H,13-20,23-24H2,1-4H3,(H,38,39,40)/b36-22+. The van der Waals surface area contributed by atoms with Gasteiger partial charge in [0.25, 0.3) is 0 Å². The average molecular weight is 702 g/mol. The number of fused-ring (bicyclic) bond motifs is 2. The Hall–Kier alpha value is -3.95. The second-order valence-electron chi connectivity index (χ2n) is 13.7. The number of piperazine rings is 1. The lowest BCUT2D eigenvalue weighted by atomic mass is 9.87. The summed E-state index contributed by atoms with van der Waals surface area (Å²) >= 11 is 1.69. The number of anilines is 2. The van der Waals surface area contributed by atoms with Crippen LogP contribution in [0.25, 0.3) is 21.3 Å². The van der Waals surface area contributed by atoms with E-state index in [1.807, 2.05) is 18.2 Å². The van der Waals surface area contributed by atoms with Crippen LogP contribution in [0.15, 0.2) is 59.7 Å². The molecule has 2 aliphatic rings. The lowest BCUT2D eigenvalue weighted by Crippen LogP contribution is -2.47. The first-order chi connectivity index (χ1) is 23.5. The van der Waals surface area contributed by atoms with Crippen LogP contribution in [0.5, 0.6) is 0 Å². The second kappa shape index (κ2) is 13.8. The fourth-order valence-electron chi connectivity index (χ4n) is 6.32. The van der Waals surface area contributed by atoms with Gasteiger partial charge in [-0.15, -0.1) is 11.3 Å². The first-order valence-electron chi connectivity index (χ1n) is 16.7. The van der Waals surface area contributed by atoms with Gasteiger partial charge in [0.1, 0.15) is 0 Å². The Morgan fingerprint density at radius 2 is 1.65 bits per heavy atom. The van der Waals surface area contributed by atoms with Crippen molar-refractivity contribution >= 4 is 60.6 Å². The van der Waals surface area contributed by atoms with Gasteiger partial charge < -0.3 is 14.2 Å². The normalized spacial score (nSPS) is 17.1. The Kier molecular flexibility index (Phi) is 9.41. The molecule has 7 rings (SSSR count). The zero-order valence-corrected chi connectivity index (χ0v) is 30.1. The summed E-state index contributed by atoms with van der Waals surface area (Å²) in [6, 6.07) is 19.0. The molecule has 0 spiro atoms. The van der Waals surface area contributed by atoms with Gasteiger partial charge in [-0.2, -0.15) is 14.4 Å². The van der Waals surface area contributed by atoms with Crippen molar-refractivity contribution < 1.29 is 13.2 Å². The van der Waals surface area contributed by atoms with E-state index in [0.717, 1.165) is 57.4 Å². The molecule has 2 saturated heterocycles. The van der Waals surface area contributed by atoms with Gasteiger partial charge in [0.2, 0.25) is 16.0 Å². The Labute approximate surface area is 291 Å². The predicted octanol–water partition coefficient (Wildman–Crippen LogP) is 4.75. The number of morpholine rings is 1. The van der Waals surface area contributed by atoms with E-state index in [0.29, 0.717) is 51.9 Å². The number of sulfonamides is 1. The Morgan fingerprint density at radius 1 is 0.918 bits per heavy atom. The highest BCUT2D eigenvalue weighted by Crippen LogP contribution is 2.34. The van der Waals surface area contributed by atoms with Crippen LogP contribution in [0.2, 0.25) is 0 Å². The SMILES string of the molecule is CC(C)(C)c1ccc(Cn2c(/C=N/Nc3nc(N4CCOCC4)c4sc(CN5CCN(S(C)(=O)=O)CC5)cc4n3)nc3ccccc32)cc1. The molecule has 14 heteroatoms. The van der Waals surface area contributed by atoms with E-state index in [-0.39, 0.29) is 5.41 Å². The quantitative estimate of drug-likeness (QED) is 0.172. The van der Waals surface area contributed by atoms with Crippen LogP contribution in [-0.4, -0.2) is 102 Å². The van der Waals surface area contributed by atoms with Gasteiger partial charge in [-0.3, -0.25) is 4.90 Å². The van der Waals surface area contributed by atoms with Crippen LogP contribution < -0.4 is 10.3 Å². The molecule has 12 nitrogen and oxygen atoms in total. The number of rotatable bonds is 9. The van der Waals surface area contributed by atoms with Crippen LogP contribution in [0.3, 0.4) is 0 Å². The molecular formula is C35H43N9O3S2. The highest BCUT2D eigenvalue weighted by Gasteiger charge is 2.25. The fraction of sp³-hybridized carbons (Fsp3) is 0.429. The van der Waals surface area contributed by atoms with Gasteiger partial charge in [0.05, 0.1) is 46.9 Å². The zero-order valence-electron chi connectivity index (χ0n) is 28.5. The van der Waals surface area contributed by atoms with Crippen LogP contribution in [-0.2, 0) is 33.3 Å². The number of nitrogens with one attached hydrogen (secondary N) is 1. The largest absolute Gasteiger partial charge is 0.378 e. The maximum atomic E-state index is 12.0. The van der Waals surface area contributed by atoms with Crippen molar-refractivity contribution in [3.05, 3.63) is 76.4 Å². The van der Waals surface area contributed by atoms with E-state index in [4.69, 9.17) is 19.7 Å². The van der Waals surface area contributed by atoms with E-state index in [1.54, 1.807) is 21.9 Å². The number of para-hydroxylation sites is 2. The number of aromatic nitrogens is 4. The number of nitrogens with zero attached hydrogens (tertiary/aromatic N) is 8. The van der Waals surface area contributed by atoms with Crippen LogP contribution >= 0.6 is 11.3 Å². The van der Waals surface area contributed by atoms with Crippen LogP contribution in [0, 0.1) is 0 Å². The minimum absolute atomic E-state index is 0.0958. The molecule has 0 radical (unpaired) electrons. The zero-order chi connectivity index (χ0) is 34.2. The van der Waals surface area contributed by atoms with E-state index >= 15 is 0 Å². The second-order valence-corrected chi connectivity index (χ2v) is 16.8. The van der Waals surface area contributed by atoms with Gasteiger partial charge in [-0.1, -0.05) is 57.2 Å². The van der Waals surface area contributed by atoms with E-state index < -0.39 is 10.0 Å². The monoisotopic (exact) mass is 701 g/mol. The summed E-state index contributed by atoms with van der Waals surface area (Å²) in [5.41, 5.74) is 8.49. The number of hydrogen-bond donors (Lipinski definition) is 1. The Bertz CT molecular complexity index is 2070. The van der Waals surface area contributed by atoms with Crippen molar-refractivity contribution in [2.45, 2.75) is 39.3 Å². The maximum Gasteiger partial charge on any atom is 0.246 e. The Morgan fingerprint density at radius 3 is 2.37 bits per heavy atom. The van der Waals surface area contributed by atoms with Crippen molar-refractivity contribution in [1.29, 1.82) is 0 Å². The summed E-state index contributed by atoms with van der Waals surface area (Å²) in [5, 5.41) is 4.59. The maximum absolute atomic E-state index is 12.0. The lowest BCUT2D eigenvalue weighted by molar-refractivity contribution is 0.122. The smallest absolute Gasteiger partial charge is 0.246 e. The number of thiophene rings is 1. The molecule has 5 aromatic rings. The lowest BCUT2D eigenvalue weighted by Gasteiger charge is -2.32. The molecule has 0 aliphatic carbocycles. The average Bonchev–Trinajstić information content (AvgIpc) is 3.65. The summed E-state index contributed by atoms with van der Waals surface area (Å²) in [5.74, 6) is 2.02. The van der Waals surface area contributed by atoms with Gasteiger partial charge in [-0.05, 0) is 34.7 Å². The number of benzene rings is 2. The predicted molar refractivity (Wildman–Crippen MR) is 197 cm³/mol. The topological polar surface area (TPSA) is 121 Å². The molecule has 0 atom stereocenters. The minimum atomic E-state index is -3.17. The van der Waals surface area contributed by atoms with Gasteiger partial charge in [-0.25, -0.2) is 23.8 Å². The summed E-state index contributed by atoms with van der Waals surface area (Å²) in [4.78, 5) is 20.4. The number of imidazole rings is 1. The summed E-state index contributed by atoms with van der Waals surface area (Å²) < 4.78 is 34.3. The third-order valence-electron chi connectivity index (χ3n) is 9.08. The third kappa shape index (κ3) is 7.63. The highest BCUT2D eigenvalue weighted by molar-refractivity contribution is 7.88. The first kappa shape index (κ1) is 33.5. The third-order valence-corrected chi connectivity index (χ3v) is 11.5. The molecule has 0 saturated carbocycles. The minimum Gasteiger partial charge on any atom is -0.378 e. The molecule has 0 bridgehead atoms. The van der Waals surface area contributed by atoms with Crippen molar-refractivity contribution in [2.75, 3.05) is 69.1 Å². The molecular weight excluding hydrogens is 659 g/mol. The van der Waals surface area contributed by atoms with Gasteiger partial charge >= 0.3 is 0 Å². The van der Waals surface area contributed by atoms with Crippen LogP contribution in [0.1, 0.15) is 42.6 Å². The van der Waals surface area contributed by atoms with Crippen molar-refractivity contribution in [3.63, 3.8) is 0 Å². The Balaban J connectivity index is 1.13. The summed E-state index contributed by atoms with van der Waals surface area (Å²) in [6.45, 7) is 13.2. The van der Waals surface area contributed by atoms with Crippen LogP contribution in [0.4, 0.5) is 11.8 Å². The number of ether oxygens (including phenoxy) is 1. The summed E-state index contributed by atoms with van der Waals surface area (Å²) in [6.07, 6.45) is 3.01. The van der Waals surface area contributed by atoms with Gasteiger partial charge in [0.15, 0.2) is 11.6 Å². The first-order valence-corrected chi connectivity index (χ1v) is 19.3. The molecule has 3 aromatic heterocycles. The summed E-state index contributed by atoms with van der Waals surface area (Å²) in [7, 11) is -3.17. The molecule has 2 aliphatic heterocycles. The van der Waals surface area contributed by atoms with E-state index in [1.165, 1.54) is 17.4 Å². The number of hydrazone groups is 1. The molecule has 2 fully saturated rings. The van der Waals surface area contributed by atoms with Gasteiger partial charge in [0, 0.05) is 57.2 Å². The molecule has 258 valence electrons. The molecule has 0 unspecified atom stereocenters. The van der Waals surface area contributed by atoms with E-state index in [9.17, 15) is 8.42 Å². The van der Waals surface area contributed by atoms with Crippen molar-refractivity contribution in [2.24, 2.45) is 5.10 Å². The fourth-order valence-corrected chi connectivity index (χ4v) is 8.30. The number of hydrogen-bond acceptors (Lipinski definition) is 11. The molecule has 2 aromatic carbocycles. The molecule has 1 N–H and O–H groups in total. The highest BCUT2D eigenvalue weighted by atomic mass is 32.2. The van der Waals surface area contributed by atoms with Crippen molar-refractivity contribution in [3.8, 4) is 0 Å². The molecule has 5 heterocycles. The molecule has 0 amide bonds.